The maximum atomic E-state index is 11.3. The number of phosphoric ester groups is 1. The molecule has 0 saturated carbocycles. The van der Waals surface area contributed by atoms with Crippen LogP contribution in [0.3, 0.4) is 0 Å². The lowest BCUT2D eigenvalue weighted by Crippen LogP contribution is -1.99. The van der Waals surface area contributed by atoms with Crippen molar-refractivity contribution in [3.63, 3.8) is 0 Å². The molecule has 0 aromatic carbocycles. The van der Waals surface area contributed by atoms with Gasteiger partial charge in [0, 0.05) is 0 Å². The highest BCUT2D eigenvalue weighted by Crippen LogP contribution is 2.48. The highest BCUT2D eigenvalue weighted by atomic mass is 31.2. The van der Waals surface area contributed by atoms with E-state index in [-0.39, 0.29) is 17.4 Å². The van der Waals surface area contributed by atoms with Crippen molar-refractivity contribution in [2.45, 2.75) is 20.8 Å². The third-order valence-corrected chi connectivity index (χ3v) is 2.58. The highest BCUT2D eigenvalue weighted by Gasteiger charge is 2.23. The Labute approximate surface area is 84.3 Å². The summed E-state index contributed by atoms with van der Waals surface area (Å²) in [6, 6.07) is 0. The molecule has 0 aliphatic rings. The minimum absolute atomic E-state index is 0. The molecule has 0 aliphatic heterocycles. The van der Waals surface area contributed by atoms with Gasteiger partial charge in [0.05, 0.1) is 19.8 Å². The first kappa shape index (κ1) is 15.1. The zero-order valence-electron chi connectivity index (χ0n) is 7.20. The van der Waals surface area contributed by atoms with Crippen molar-refractivity contribution in [3.8, 4) is 0 Å². The fraction of sp³-hybridized carbons (Fsp3) is 1.00. The molecule has 0 saturated heterocycles. The molecule has 0 rings (SSSR count). The van der Waals surface area contributed by atoms with Gasteiger partial charge in [0.1, 0.15) is 0 Å². The minimum atomic E-state index is -3.22. The van der Waals surface area contributed by atoms with Crippen molar-refractivity contribution in [2.24, 2.45) is 0 Å². The van der Waals surface area contributed by atoms with Crippen LogP contribution in [0, 0.1) is 0 Å². The van der Waals surface area contributed by atoms with Gasteiger partial charge in [-0.25, -0.2) is 4.57 Å². The molecule has 0 heterocycles. The summed E-state index contributed by atoms with van der Waals surface area (Å²) in [4.78, 5) is 0. The predicted octanol–water partition coefficient (Wildman–Crippen LogP) is 1.02. The summed E-state index contributed by atoms with van der Waals surface area (Å²) in [6.07, 6.45) is 0. The van der Waals surface area contributed by atoms with Gasteiger partial charge in [0.2, 0.25) is 0 Å². The molecular formula is C6H18AlO4P. The van der Waals surface area contributed by atoms with Crippen LogP contribution in [0.1, 0.15) is 20.8 Å². The summed E-state index contributed by atoms with van der Waals surface area (Å²) in [5, 5.41) is 0. The first-order valence-electron chi connectivity index (χ1n) is 3.72. The number of hydrogen-bond donors (Lipinski definition) is 0. The molecule has 0 unspecified atom stereocenters. The molecule has 0 amide bonds. The third-order valence-electron chi connectivity index (χ3n) is 0.862. The molecular weight excluding hydrogens is 194 g/mol. The van der Waals surface area contributed by atoms with Gasteiger partial charge in [-0.2, -0.15) is 0 Å². The van der Waals surface area contributed by atoms with Crippen LogP contribution in [0.25, 0.3) is 0 Å². The second-order valence-corrected chi connectivity index (χ2v) is 3.37. The van der Waals surface area contributed by atoms with Crippen molar-refractivity contribution in [3.05, 3.63) is 0 Å². The summed E-state index contributed by atoms with van der Waals surface area (Å²) in [6.45, 7) is 6.21. The van der Waals surface area contributed by atoms with Crippen molar-refractivity contribution >= 4 is 25.2 Å². The molecule has 0 spiro atoms. The molecule has 0 aliphatic carbocycles. The van der Waals surface area contributed by atoms with Gasteiger partial charge in [0.25, 0.3) is 0 Å². The molecule has 74 valence electrons. The average molecular weight is 212 g/mol. The highest BCUT2D eigenvalue weighted by molar-refractivity contribution is 7.48. The molecule has 0 radical (unpaired) electrons. The van der Waals surface area contributed by atoms with Gasteiger partial charge in [-0.15, -0.1) is 0 Å². The standard InChI is InChI=1S/C6H15O4P.Al.3H/c1-4-8-11(7,9-5-2)10-6-3;;;;/h4-6H2,1-3H3;;;;. The molecule has 0 aromatic rings. The van der Waals surface area contributed by atoms with Crippen molar-refractivity contribution in [1.82, 2.24) is 0 Å². The number of phosphoric acid groups is 1. The Hall–Kier alpha value is 0.642. The largest absolute Gasteiger partial charge is 0.474 e. The molecule has 0 fully saturated rings. The number of hydrogen-bond acceptors (Lipinski definition) is 4. The molecule has 6 heteroatoms. The Balaban J connectivity index is 0. The Morgan fingerprint density at radius 3 is 1.33 bits per heavy atom. The summed E-state index contributed by atoms with van der Waals surface area (Å²) >= 11 is 0. The summed E-state index contributed by atoms with van der Waals surface area (Å²) in [5.41, 5.74) is 0. The maximum Gasteiger partial charge on any atom is 0.474 e. The van der Waals surface area contributed by atoms with Gasteiger partial charge >= 0.3 is 7.82 Å². The first-order chi connectivity index (χ1) is 5.18. The summed E-state index contributed by atoms with van der Waals surface area (Å²) in [5.74, 6) is 0. The van der Waals surface area contributed by atoms with Crippen molar-refractivity contribution < 1.29 is 18.1 Å². The maximum absolute atomic E-state index is 11.3. The molecule has 0 aromatic heterocycles. The topological polar surface area (TPSA) is 44.8 Å². The quantitative estimate of drug-likeness (QED) is 0.487. The monoisotopic (exact) mass is 212 g/mol. The van der Waals surface area contributed by atoms with E-state index in [2.05, 4.69) is 0 Å². The second kappa shape index (κ2) is 8.25. The van der Waals surface area contributed by atoms with Crippen LogP contribution in [0.5, 0.6) is 0 Å². The van der Waals surface area contributed by atoms with Gasteiger partial charge in [-0.05, 0) is 20.8 Å². The van der Waals surface area contributed by atoms with Gasteiger partial charge in [-0.1, -0.05) is 0 Å². The van der Waals surface area contributed by atoms with Crippen LogP contribution in [-0.4, -0.2) is 37.2 Å². The normalized spacial score (nSPS) is 10.9. The van der Waals surface area contributed by atoms with Crippen LogP contribution in [0.4, 0.5) is 0 Å². The van der Waals surface area contributed by atoms with E-state index in [0.29, 0.717) is 19.8 Å². The molecule has 0 bridgehead atoms. The lowest BCUT2D eigenvalue weighted by atomic mass is 10.9. The van der Waals surface area contributed by atoms with Crippen LogP contribution >= 0.6 is 7.82 Å². The van der Waals surface area contributed by atoms with Crippen LogP contribution in [0.2, 0.25) is 0 Å². The SMILES string of the molecule is CCOP(=O)(OCC)OCC.[AlH3]. The van der Waals surface area contributed by atoms with Gasteiger partial charge in [0.15, 0.2) is 17.4 Å². The minimum Gasteiger partial charge on any atom is -0.287 e. The van der Waals surface area contributed by atoms with Crippen LogP contribution < -0.4 is 0 Å². The summed E-state index contributed by atoms with van der Waals surface area (Å²) in [7, 11) is -3.22. The summed E-state index contributed by atoms with van der Waals surface area (Å²) < 4.78 is 25.8. The molecule has 0 N–H and O–H groups in total. The Morgan fingerprint density at radius 1 is 0.917 bits per heavy atom. The van der Waals surface area contributed by atoms with E-state index in [1.54, 1.807) is 20.8 Å². The smallest absolute Gasteiger partial charge is 0.287 e. The molecule has 4 nitrogen and oxygen atoms in total. The van der Waals surface area contributed by atoms with Crippen molar-refractivity contribution in [1.29, 1.82) is 0 Å². The van der Waals surface area contributed by atoms with E-state index < -0.39 is 7.82 Å². The second-order valence-electron chi connectivity index (χ2n) is 1.70. The zero-order valence-corrected chi connectivity index (χ0v) is 8.10. The Morgan fingerprint density at radius 2 is 1.17 bits per heavy atom. The number of rotatable bonds is 6. The van der Waals surface area contributed by atoms with Gasteiger partial charge < -0.3 is 0 Å². The lowest BCUT2D eigenvalue weighted by molar-refractivity contribution is 0.126. The Bertz CT molecular complexity index is 118. The molecule has 12 heavy (non-hydrogen) atoms. The van der Waals surface area contributed by atoms with E-state index in [1.165, 1.54) is 0 Å². The first-order valence-corrected chi connectivity index (χ1v) is 5.18. The van der Waals surface area contributed by atoms with Gasteiger partial charge in [-0.3, -0.25) is 13.6 Å². The molecule has 0 atom stereocenters. The van der Waals surface area contributed by atoms with E-state index >= 15 is 0 Å². The average Bonchev–Trinajstić information content (AvgIpc) is 1.88. The lowest BCUT2D eigenvalue weighted by Gasteiger charge is -2.14. The fourth-order valence-electron chi connectivity index (χ4n) is 0.586. The zero-order chi connectivity index (χ0) is 8.74. The van der Waals surface area contributed by atoms with E-state index in [9.17, 15) is 4.57 Å². The van der Waals surface area contributed by atoms with E-state index in [1.807, 2.05) is 0 Å². The Kier molecular flexibility index (Phi) is 10.4. The van der Waals surface area contributed by atoms with Crippen molar-refractivity contribution in [2.75, 3.05) is 19.8 Å². The van der Waals surface area contributed by atoms with E-state index in [4.69, 9.17) is 13.6 Å². The third kappa shape index (κ3) is 6.19. The van der Waals surface area contributed by atoms with Crippen LogP contribution in [-0.2, 0) is 18.1 Å². The van der Waals surface area contributed by atoms with Crippen LogP contribution in [0.15, 0.2) is 0 Å². The predicted molar refractivity (Wildman–Crippen MR) is 52.4 cm³/mol. The fourth-order valence-corrected chi connectivity index (χ4v) is 1.76. The van der Waals surface area contributed by atoms with E-state index in [0.717, 1.165) is 0 Å².